The van der Waals surface area contributed by atoms with Crippen LogP contribution in [0.5, 0.6) is 0 Å². The third-order valence-corrected chi connectivity index (χ3v) is 11.9. The van der Waals surface area contributed by atoms with E-state index in [1.54, 1.807) is 6.92 Å². The molecule has 2 fully saturated rings. The number of aliphatic hydroxyl groups is 1. The number of hydrogen-bond acceptors (Lipinski definition) is 5. The van der Waals surface area contributed by atoms with Crippen molar-refractivity contribution in [2.24, 2.45) is 23.7 Å². The first-order valence-corrected chi connectivity index (χ1v) is 20.2. The summed E-state index contributed by atoms with van der Waals surface area (Å²) in [4.78, 5) is 23.8. The molecule has 2 aromatic rings. The topological polar surface area (TPSA) is 72.8 Å². The van der Waals surface area contributed by atoms with Crippen LogP contribution in [0.3, 0.4) is 0 Å². The third kappa shape index (κ3) is 13.7. The van der Waals surface area contributed by atoms with E-state index in [9.17, 15) is 9.59 Å². The fourth-order valence-corrected chi connectivity index (χ4v) is 8.63. The number of carbonyl (C=O) groups is 2. The lowest BCUT2D eigenvalue weighted by Crippen LogP contribution is -2.28. The van der Waals surface area contributed by atoms with Gasteiger partial charge in [-0.05, 0) is 162 Å². The van der Waals surface area contributed by atoms with Gasteiger partial charge in [0, 0.05) is 5.57 Å². The summed E-state index contributed by atoms with van der Waals surface area (Å²) in [5.41, 5.74) is 6.40. The van der Waals surface area contributed by atoms with Crippen molar-refractivity contribution in [1.82, 2.24) is 0 Å². The van der Waals surface area contributed by atoms with E-state index in [1.807, 2.05) is 0 Å². The zero-order chi connectivity index (χ0) is 36.4. The molecule has 0 radical (unpaired) electrons. The second-order valence-corrected chi connectivity index (χ2v) is 15.7. The number of hydrogen-bond donors (Lipinski definition) is 1. The molecule has 0 spiro atoms. The van der Waals surface area contributed by atoms with Gasteiger partial charge >= 0.3 is 11.9 Å². The molecule has 2 aromatic carbocycles. The summed E-state index contributed by atoms with van der Waals surface area (Å²) < 4.78 is 10.7. The minimum atomic E-state index is -0.516. The molecule has 280 valence electrons. The Morgan fingerprint density at radius 3 is 1.69 bits per heavy atom. The second-order valence-electron chi connectivity index (χ2n) is 15.7. The van der Waals surface area contributed by atoms with Crippen molar-refractivity contribution in [3.8, 4) is 0 Å². The number of rotatable bonds is 21. The molecule has 2 saturated carbocycles. The lowest BCUT2D eigenvalue weighted by atomic mass is 9.66. The SMILES string of the molecule is C=C(C)C(=O)OCCCC(CCCOC(=O)C(=C)CO)C1CCC(C2CCC(c3ccc(CCc4ccc(CCCCC)cc4)cc3)CC2)CC1. The zero-order valence-corrected chi connectivity index (χ0v) is 31.8. The number of benzene rings is 2. The number of unbranched alkanes of at least 4 members (excludes halogenated alkanes) is 2. The van der Waals surface area contributed by atoms with Crippen LogP contribution in [0.1, 0.15) is 138 Å². The number of aryl methyl sites for hydroxylation is 3. The summed E-state index contributed by atoms with van der Waals surface area (Å²) >= 11 is 0. The van der Waals surface area contributed by atoms with Crippen molar-refractivity contribution in [3.63, 3.8) is 0 Å². The Morgan fingerprint density at radius 1 is 0.686 bits per heavy atom. The fourth-order valence-electron chi connectivity index (χ4n) is 8.63. The maximum absolute atomic E-state index is 11.9. The van der Waals surface area contributed by atoms with E-state index in [0.29, 0.717) is 36.5 Å². The van der Waals surface area contributed by atoms with E-state index < -0.39 is 5.97 Å². The molecule has 0 aliphatic heterocycles. The highest BCUT2D eigenvalue weighted by atomic mass is 16.5. The van der Waals surface area contributed by atoms with Crippen molar-refractivity contribution < 1.29 is 24.2 Å². The molecule has 2 aliphatic carbocycles. The standard InChI is InChI=1S/C46H66O5/c1-5-6-7-10-36-13-15-37(16-14-36)17-18-38-19-21-40(22-20-38)42-27-29-44(30-28-42)43-25-23-41(24-26-43)39(11-8-31-50-45(48)34(2)3)12-9-32-51-46(49)35(4)33-47/h13-16,19-22,39,41-44,47H,2,4-12,17-18,23-33H2,1,3H3. The van der Waals surface area contributed by atoms with Gasteiger partial charge < -0.3 is 14.6 Å². The molecular formula is C46H66O5. The van der Waals surface area contributed by atoms with Crippen LogP contribution in [0.4, 0.5) is 0 Å². The summed E-state index contributed by atoms with van der Waals surface area (Å²) in [7, 11) is 0. The molecular weight excluding hydrogens is 633 g/mol. The van der Waals surface area contributed by atoms with E-state index in [0.717, 1.165) is 50.4 Å². The van der Waals surface area contributed by atoms with Crippen molar-refractivity contribution in [1.29, 1.82) is 0 Å². The first kappa shape index (κ1) is 40.6. The van der Waals surface area contributed by atoms with Gasteiger partial charge in [0.2, 0.25) is 0 Å². The van der Waals surface area contributed by atoms with Crippen LogP contribution in [0.2, 0.25) is 0 Å². The summed E-state index contributed by atoms with van der Waals surface area (Å²) in [6.07, 6.45) is 21.3. The van der Waals surface area contributed by atoms with Gasteiger partial charge in [-0.25, -0.2) is 9.59 Å². The Kier molecular flexibility index (Phi) is 17.5. The molecule has 51 heavy (non-hydrogen) atoms. The Morgan fingerprint density at radius 2 is 1.18 bits per heavy atom. The molecule has 5 heteroatoms. The molecule has 2 aliphatic rings. The normalized spacial score (nSPS) is 21.1. The highest BCUT2D eigenvalue weighted by Gasteiger charge is 2.33. The van der Waals surface area contributed by atoms with Gasteiger partial charge in [-0.15, -0.1) is 0 Å². The first-order chi connectivity index (χ1) is 24.8. The van der Waals surface area contributed by atoms with Crippen LogP contribution in [0.15, 0.2) is 72.8 Å². The van der Waals surface area contributed by atoms with Gasteiger partial charge in [0.05, 0.1) is 25.4 Å². The second kappa shape index (κ2) is 22.0. The van der Waals surface area contributed by atoms with E-state index in [4.69, 9.17) is 14.6 Å². The highest BCUT2D eigenvalue weighted by molar-refractivity contribution is 5.88. The highest BCUT2D eigenvalue weighted by Crippen LogP contribution is 2.46. The number of carbonyl (C=O) groups excluding carboxylic acids is 2. The Labute approximate surface area is 309 Å². The molecule has 4 rings (SSSR count). The van der Waals surface area contributed by atoms with Gasteiger partial charge in [-0.3, -0.25) is 0 Å². The molecule has 0 saturated heterocycles. The quantitative estimate of drug-likeness (QED) is 0.0798. The minimum absolute atomic E-state index is 0.0943. The monoisotopic (exact) mass is 698 g/mol. The Hall–Kier alpha value is -3.18. The van der Waals surface area contributed by atoms with Crippen LogP contribution in [0, 0.1) is 23.7 Å². The Balaban J connectivity index is 1.18. The van der Waals surface area contributed by atoms with Crippen LogP contribution in [0.25, 0.3) is 0 Å². The molecule has 0 aromatic heterocycles. The molecule has 0 amide bonds. The predicted octanol–water partition coefficient (Wildman–Crippen LogP) is 10.7. The third-order valence-electron chi connectivity index (χ3n) is 11.9. The van der Waals surface area contributed by atoms with Gasteiger partial charge in [0.25, 0.3) is 0 Å². The number of aliphatic hydroxyl groups excluding tert-OH is 1. The van der Waals surface area contributed by atoms with Crippen molar-refractivity contribution in [2.45, 2.75) is 135 Å². The first-order valence-electron chi connectivity index (χ1n) is 20.2. The average molecular weight is 699 g/mol. The van der Waals surface area contributed by atoms with E-state index in [1.165, 1.54) is 99.3 Å². The maximum Gasteiger partial charge on any atom is 0.335 e. The van der Waals surface area contributed by atoms with Gasteiger partial charge in [0.15, 0.2) is 0 Å². The van der Waals surface area contributed by atoms with Crippen LogP contribution in [-0.4, -0.2) is 36.9 Å². The zero-order valence-electron chi connectivity index (χ0n) is 31.8. The summed E-state index contributed by atoms with van der Waals surface area (Å²) in [6, 6.07) is 18.9. The number of ether oxygens (including phenoxy) is 2. The van der Waals surface area contributed by atoms with E-state index in [2.05, 4.69) is 68.6 Å². The molecule has 0 heterocycles. The summed E-state index contributed by atoms with van der Waals surface area (Å²) in [6.45, 7) is 11.6. The van der Waals surface area contributed by atoms with Gasteiger partial charge in [-0.1, -0.05) is 81.5 Å². The lowest BCUT2D eigenvalue weighted by Gasteiger charge is -2.40. The smallest absolute Gasteiger partial charge is 0.335 e. The summed E-state index contributed by atoms with van der Waals surface area (Å²) in [5.74, 6) is 2.72. The lowest BCUT2D eigenvalue weighted by molar-refractivity contribution is -0.140. The van der Waals surface area contributed by atoms with Gasteiger partial charge in [0.1, 0.15) is 0 Å². The molecule has 1 N–H and O–H groups in total. The minimum Gasteiger partial charge on any atom is -0.462 e. The molecule has 1 atom stereocenters. The van der Waals surface area contributed by atoms with E-state index in [-0.39, 0.29) is 18.1 Å². The largest absolute Gasteiger partial charge is 0.462 e. The molecule has 1 unspecified atom stereocenters. The maximum atomic E-state index is 11.9. The predicted molar refractivity (Wildman–Crippen MR) is 209 cm³/mol. The van der Waals surface area contributed by atoms with E-state index >= 15 is 0 Å². The Bertz CT molecular complexity index is 1340. The average Bonchev–Trinajstić information content (AvgIpc) is 3.16. The van der Waals surface area contributed by atoms with Crippen molar-refractivity contribution in [2.75, 3.05) is 19.8 Å². The van der Waals surface area contributed by atoms with Crippen LogP contribution < -0.4 is 0 Å². The summed E-state index contributed by atoms with van der Waals surface area (Å²) in [5, 5.41) is 9.13. The molecule has 0 bridgehead atoms. The van der Waals surface area contributed by atoms with Crippen LogP contribution >= 0.6 is 0 Å². The van der Waals surface area contributed by atoms with Gasteiger partial charge in [-0.2, -0.15) is 0 Å². The fraction of sp³-hybridized carbons (Fsp3) is 0.609. The van der Waals surface area contributed by atoms with Crippen molar-refractivity contribution >= 4 is 11.9 Å². The van der Waals surface area contributed by atoms with Crippen molar-refractivity contribution in [3.05, 3.63) is 95.1 Å². The number of esters is 2. The van der Waals surface area contributed by atoms with Crippen LogP contribution in [-0.2, 0) is 38.3 Å². The molecule has 5 nitrogen and oxygen atoms in total.